The average Bonchev–Trinajstić information content (AvgIpc) is 2.36. The molecule has 0 aliphatic carbocycles. The standard InChI is InChI=1S/C13H17F3N4O.ClH/c14-13(15,16)10-2-3-11(20-8-10)18-4-1-5-19-12(21)9-6-17-7-9;/h2-3,8-9,17H,1,4-7H2,(H,18,20)(H,19,21);1H. The molecule has 0 unspecified atom stereocenters. The van der Waals surface area contributed by atoms with Crippen molar-refractivity contribution in [1.82, 2.24) is 15.6 Å². The number of halogens is 4. The van der Waals surface area contributed by atoms with E-state index in [-0.39, 0.29) is 24.2 Å². The smallest absolute Gasteiger partial charge is 0.370 e. The summed E-state index contributed by atoms with van der Waals surface area (Å²) in [6.07, 6.45) is -2.89. The van der Waals surface area contributed by atoms with Gasteiger partial charge in [-0.05, 0) is 18.6 Å². The summed E-state index contributed by atoms with van der Waals surface area (Å²) in [4.78, 5) is 15.2. The van der Waals surface area contributed by atoms with E-state index in [2.05, 4.69) is 20.9 Å². The van der Waals surface area contributed by atoms with E-state index in [0.29, 0.717) is 25.3 Å². The summed E-state index contributed by atoms with van der Waals surface area (Å²) in [5.74, 6) is 0.494. The second-order valence-electron chi connectivity index (χ2n) is 4.86. The van der Waals surface area contributed by atoms with Crippen molar-refractivity contribution in [2.45, 2.75) is 12.6 Å². The zero-order chi connectivity index (χ0) is 15.3. The minimum absolute atomic E-state index is 0. The Morgan fingerprint density at radius 2 is 2.05 bits per heavy atom. The van der Waals surface area contributed by atoms with Gasteiger partial charge in [-0.25, -0.2) is 4.98 Å². The number of hydrogen-bond donors (Lipinski definition) is 3. The number of amides is 1. The third-order valence-corrected chi connectivity index (χ3v) is 3.20. The highest BCUT2D eigenvalue weighted by Crippen LogP contribution is 2.28. The van der Waals surface area contributed by atoms with Crippen LogP contribution >= 0.6 is 12.4 Å². The number of alkyl halides is 3. The van der Waals surface area contributed by atoms with Crippen LogP contribution in [0.4, 0.5) is 19.0 Å². The van der Waals surface area contributed by atoms with Crippen molar-refractivity contribution >= 4 is 24.1 Å². The molecule has 1 amide bonds. The molecule has 3 N–H and O–H groups in total. The fourth-order valence-corrected chi connectivity index (χ4v) is 1.80. The third kappa shape index (κ3) is 5.34. The van der Waals surface area contributed by atoms with E-state index in [1.54, 1.807) is 0 Å². The Balaban J connectivity index is 0.00000242. The van der Waals surface area contributed by atoms with E-state index in [1.807, 2.05) is 0 Å². The van der Waals surface area contributed by atoms with Crippen LogP contribution < -0.4 is 16.0 Å². The van der Waals surface area contributed by atoms with Crippen LogP contribution in [-0.2, 0) is 11.0 Å². The Morgan fingerprint density at radius 1 is 1.32 bits per heavy atom. The largest absolute Gasteiger partial charge is 0.417 e. The molecule has 5 nitrogen and oxygen atoms in total. The number of nitrogens with one attached hydrogen (secondary N) is 3. The first-order valence-corrected chi connectivity index (χ1v) is 6.72. The summed E-state index contributed by atoms with van der Waals surface area (Å²) < 4.78 is 37.0. The highest BCUT2D eigenvalue weighted by molar-refractivity contribution is 5.85. The molecule has 0 saturated carbocycles. The van der Waals surface area contributed by atoms with Crippen LogP contribution in [0.3, 0.4) is 0 Å². The summed E-state index contributed by atoms with van der Waals surface area (Å²) in [6, 6.07) is 2.28. The Labute approximate surface area is 132 Å². The van der Waals surface area contributed by atoms with E-state index in [9.17, 15) is 18.0 Å². The van der Waals surface area contributed by atoms with Crippen molar-refractivity contribution in [2.24, 2.45) is 5.92 Å². The molecule has 9 heteroatoms. The van der Waals surface area contributed by atoms with Gasteiger partial charge in [0.05, 0.1) is 11.5 Å². The first kappa shape index (κ1) is 18.5. The zero-order valence-electron chi connectivity index (χ0n) is 11.7. The van der Waals surface area contributed by atoms with Crippen LogP contribution in [0.1, 0.15) is 12.0 Å². The summed E-state index contributed by atoms with van der Waals surface area (Å²) in [5, 5.41) is 8.74. The van der Waals surface area contributed by atoms with E-state index in [1.165, 1.54) is 6.07 Å². The Morgan fingerprint density at radius 3 is 2.55 bits per heavy atom. The number of rotatable bonds is 6. The Kier molecular flexibility index (Phi) is 6.89. The van der Waals surface area contributed by atoms with E-state index >= 15 is 0 Å². The number of hydrogen-bond acceptors (Lipinski definition) is 4. The molecule has 1 aliphatic heterocycles. The van der Waals surface area contributed by atoms with Crippen LogP contribution in [0.2, 0.25) is 0 Å². The van der Waals surface area contributed by atoms with Crippen LogP contribution in [0, 0.1) is 5.92 Å². The molecular formula is C13H18ClF3N4O. The maximum atomic E-state index is 12.3. The predicted molar refractivity (Wildman–Crippen MR) is 79.0 cm³/mol. The van der Waals surface area contributed by atoms with E-state index in [4.69, 9.17) is 0 Å². The highest BCUT2D eigenvalue weighted by Gasteiger charge is 2.30. The van der Waals surface area contributed by atoms with Crippen molar-refractivity contribution in [1.29, 1.82) is 0 Å². The molecule has 1 saturated heterocycles. The van der Waals surface area contributed by atoms with Crippen LogP contribution in [0.25, 0.3) is 0 Å². The molecule has 0 radical (unpaired) electrons. The lowest BCUT2D eigenvalue weighted by molar-refractivity contribution is -0.137. The second-order valence-corrected chi connectivity index (χ2v) is 4.86. The van der Waals surface area contributed by atoms with Crippen LogP contribution in [-0.4, -0.2) is 37.1 Å². The fourth-order valence-electron chi connectivity index (χ4n) is 1.80. The van der Waals surface area contributed by atoms with Crippen LogP contribution in [0.15, 0.2) is 18.3 Å². The van der Waals surface area contributed by atoms with Crippen molar-refractivity contribution in [3.8, 4) is 0 Å². The molecule has 0 atom stereocenters. The topological polar surface area (TPSA) is 66.0 Å². The first-order valence-electron chi connectivity index (χ1n) is 6.72. The van der Waals surface area contributed by atoms with Gasteiger partial charge < -0.3 is 16.0 Å². The number of carbonyl (C=O) groups excluding carboxylic acids is 1. The van der Waals surface area contributed by atoms with E-state index in [0.717, 1.165) is 25.4 Å². The lowest BCUT2D eigenvalue weighted by Crippen LogP contribution is -2.50. The maximum Gasteiger partial charge on any atom is 0.417 e. The quantitative estimate of drug-likeness (QED) is 0.690. The lowest BCUT2D eigenvalue weighted by Gasteiger charge is -2.25. The molecule has 1 aliphatic rings. The zero-order valence-corrected chi connectivity index (χ0v) is 12.6. The van der Waals surface area contributed by atoms with Gasteiger partial charge >= 0.3 is 6.18 Å². The van der Waals surface area contributed by atoms with Gasteiger partial charge in [-0.3, -0.25) is 4.79 Å². The molecule has 2 heterocycles. The van der Waals surface area contributed by atoms with Gasteiger partial charge in [-0.2, -0.15) is 13.2 Å². The molecule has 22 heavy (non-hydrogen) atoms. The second kappa shape index (κ2) is 8.19. The lowest BCUT2D eigenvalue weighted by atomic mass is 10.0. The van der Waals surface area contributed by atoms with Gasteiger partial charge in [0.2, 0.25) is 5.91 Å². The summed E-state index contributed by atoms with van der Waals surface area (Å²) in [6.45, 7) is 2.50. The first-order chi connectivity index (χ1) is 9.97. The molecule has 1 aromatic heterocycles. The van der Waals surface area contributed by atoms with Crippen LogP contribution in [0.5, 0.6) is 0 Å². The molecule has 0 spiro atoms. The monoisotopic (exact) mass is 338 g/mol. The molecule has 2 rings (SSSR count). The third-order valence-electron chi connectivity index (χ3n) is 3.20. The van der Waals surface area contributed by atoms with Gasteiger partial charge in [-0.15, -0.1) is 12.4 Å². The highest BCUT2D eigenvalue weighted by atomic mass is 35.5. The van der Waals surface area contributed by atoms with Gasteiger partial charge in [0.15, 0.2) is 0 Å². The van der Waals surface area contributed by atoms with Crippen molar-refractivity contribution in [2.75, 3.05) is 31.5 Å². The fraction of sp³-hybridized carbons (Fsp3) is 0.538. The summed E-state index contributed by atoms with van der Waals surface area (Å²) in [5.41, 5.74) is -0.769. The van der Waals surface area contributed by atoms with Gasteiger partial charge in [0.1, 0.15) is 5.82 Å². The maximum absolute atomic E-state index is 12.3. The Hall–Kier alpha value is -1.54. The summed E-state index contributed by atoms with van der Waals surface area (Å²) >= 11 is 0. The van der Waals surface area contributed by atoms with Gasteiger partial charge in [0.25, 0.3) is 0 Å². The average molecular weight is 339 g/mol. The summed E-state index contributed by atoms with van der Waals surface area (Å²) in [7, 11) is 0. The number of aromatic nitrogens is 1. The minimum atomic E-state index is -4.37. The number of anilines is 1. The molecule has 1 fully saturated rings. The molecule has 0 bridgehead atoms. The normalized spacial score (nSPS) is 14.7. The Bertz CT molecular complexity index is 477. The van der Waals surface area contributed by atoms with E-state index < -0.39 is 11.7 Å². The van der Waals surface area contributed by atoms with Gasteiger partial charge in [-0.1, -0.05) is 0 Å². The van der Waals surface area contributed by atoms with Crippen molar-refractivity contribution < 1.29 is 18.0 Å². The number of nitrogens with zero attached hydrogens (tertiary/aromatic N) is 1. The number of carbonyl (C=O) groups is 1. The molecule has 0 aromatic carbocycles. The predicted octanol–water partition coefficient (Wildman–Crippen LogP) is 1.66. The minimum Gasteiger partial charge on any atom is -0.370 e. The van der Waals surface area contributed by atoms with Gasteiger partial charge in [0, 0.05) is 32.4 Å². The van der Waals surface area contributed by atoms with Crippen molar-refractivity contribution in [3.05, 3.63) is 23.9 Å². The number of pyridine rings is 1. The molecule has 124 valence electrons. The molecular weight excluding hydrogens is 321 g/mol. The molecule has 1 aromatic rings. The van der Waals surface area contributed by atoms with Crippen molar-refractivity contribution in [3.63, 3.8) is 0 Å². The SMILES string of the molecule is Cl.O=C(NCCCNc1ccc(C(F)(F)F)cn1)C1CNC1.